The highest BCUT2D eigenvalue weighted by Gasteiger charge is 2.13. The fraction of sp³-hybridized carbons (Fsp3) is 0.115. The van der Waals surface area contributed by atoms with Crippen LogP contribution in [0.3, 0.4) is 0 Å². The summed E-state index contributed by atoms with van der Waals surface area (Å²) >= 11 is 6.05. The van der Waals surface area contributed by atoms with Crippen molar-refractivity contribution in [2.24, 2.45) is 4.99 Å². The molecule has 4 aromatic rings. The molecule has 0 aliphatic rings. The summed E-state index contributed by atoms with van der Waals surface area (Å²) < 4.78 is 16.2. The summed E-state index contributed by atoms with van der Waals surface area (Å²) in [6.45, 7) is 0. The Bertz CT molecular complexity index is 1230. The summed E-state index contributed by atoms with van der Waals surface area (Å²) in [4.78, 5) is 13.7. The van der Waals surface area contributed by atoms with Gasteiger partial charge in [0, 0.05) is 27.9 Å². The molecule has 0 aliphatic carbocycles. The van der Waals surface area contributed by atoms with Gasteiger partial charge in [-0.15, -0.1) is 0 Å². The van der Waals surface area contributed by atoms with E-state index in [1.165, 1.54) is 0 Å². The van der Waals surface area contributed by atoms with Crippen LogP contribution in [-0.4, -0.2) is 42.6 Å². The third kappa shape index (κ3) is 5.10. The predicted octanol–water partition coefficient (Wildman–Crippen LogP) is 5.95. The first-order valence-electron chi connectivity index (χ1n) is 10.3. The number of phenols is 1. The molecule has 7 nitrogen and oxygen atoms in total. The van der Waals surface area contributed by atoms with Gasteiger partial charge in [-0.2, -0.15) is 0 Å². The zero-order valence-electron chi connectivity index (χ0n) is 18.8. The van der Waals surface area contributed by atoms with Gasteiger partial charge in [-0.05, 0) is 54.6 Å². The van der Waals surface area contributed by atoms with Crippen molar-refractivity contribution in [1.82, 2.24) is 9.97 Å². The summed E-state index contributed by atoms with van der Waals surface area (Å²) in [5.41, 5.74) is 3.76. The van der Waals surface area contributed by atoms with Crippen molar-refractivity contribution in [3.05, 3.63) is 77.3 Å². The van der Waals surface area contributed by atoms with Crippen LogP contribution in [0.1, 0.15) is 5.56 Å². The molecule has 172 valence electrons. The van der Waals surface area contributed by atoms with E-state index in [1.54, 1.807) is 76.1 Å². The first-order chi connectivity index (χ1) is 16.5. The molecule has 0 aliphatic heterocycles. The topological polar surface area (TPSA) is 86.1 Å². The molecule has 0 radical (unpaired) electrons. The Morgan fingerprint density at radius 3 is 1.79 bits per heavy atom. The number of aromatic hydroxyl groups is 1. The molecule has 0 saturated carbocycles. The van der Waals surface area contributed by atoms with Crippen LogP contribution in [0, 0.1) is 0 Å². The Balaban J connectivity index is 1.78. The molecule has 0 spiro atoms. The van der Waals surface area contributed by atoms with Crippen LogP contribution in [0.15, 0.2) is 71.7 Å². The lowest BCUT2D eigenvalue weighted by atomic mass is 10.1. The predicted molar refractivity (Wildman–Crippen MR) is 133 cm³/mol. The Morgan fingerprint density at radius 2 is 1.29 bits per heavy atom. The molecule has 1 heterocycles. The molecule has 4 rings (SSSR count). The quantitative estimate of drug-likeness (QED) is 0.332. The molecule has 1 N–H and O–H groups in total. The molecule has 0 amide bonds. The molecule has 0 saturated heterocycles. The Morgan fingerprint density at radius 1 is 0.765 bits per heavy atom. The third-order valence-electron chi connectivity index (χ3n) is 5.03. The number of methoxy groups -OCH3 is 3. The van der Waals surface area contributed by atoms with E-state index in [0.29, 0.717) is 33.7 Å². The SMILES string of the molecule is COc1cc(/C=N/c2nc(-c3ccc(O)cc3)cc(-c3ccc(Cl)cc3)n2)cc(OC)c1OC. The minimum Gasteiger partial charge on any atom is -0.508 e. The second kappa shape index (κ2) is 10.2. The first kappa shape index (κ1) is 23.1. The number of aliphatic imine (C=N–C) groups is 1. The number of benzene rings is 3. The fourth-order valence-electron chi connectivity index (χ4n) is 3.35. The van der Waals surface area contributed by atoms with Gasteiger partial charge in [0.05, 0.1) is 32.7 Å². The van der Waals surface area contributed by atoms with Gasteiger partial charge in [-0.1, -0.05) is 23.7 Å². The first-order valence-corrected chi connectivity index (χ1v) is 10.7. The van der Waals surface area contributed by atoms with Crippen LogP contribution in [0.5, 0.6) is 23.0 Å². The fourth-order valence-corrected chi connectivity index (χ4v) is 3.48. The van der Waals surface area contributed by atoms with Crippen LogP contribution in [0.25, 0.3) is 22.5 Å². The van der Waals surface area contributed by atoms with Gasteiger partial charge in [0.25, 0.3) is 0 Å². The lowest BCUT2D eigenvalue weighted by molar-refractivity contribution is 0.324. The number of aromatic nitrogens is 2. The lowest BCUT2D eigenvalue weighted by Crippen LogP contribution is -1.97. The van der Waals surface area contributed by atoms with Gasteiger partial charge < -0.3 is 19.3 Å². The van der Waals surface area contributed by atoms with Crippen LogP contribution in [0.4, 0.5) is 5.95 Å². The monoisotopic (exact) mass is 475 g/mol. The van der Waals surface area contributed by atoms with E-state index in [-0.39, 0.29) is 11.7 Å². The van der Waals surface area contributed by atoms with Crippen LogP contribution in [0.2, 0.25) is 5.02 Å². The Hall–Kier alpha value is -4.10. The largest absolute Gasteiger partial charge is 0.508 e. The third-order valence-corrected chi connectivity index (χ3v) is 5.29. The minimum atomic E-state index is 0.177. The summed E-state index contributed by atoms with van der Waals surface area (Å²) in [5.74, 6) is 1.98. The molecule has 0 unspecified atom stereocenters. The van der Waals surface area contributed by atoms with E-state index in [0.717, 1.165) is 16.7 Å². The highest BCUT2D eigenvalue weighted by Crippen LogP contribution is 2.38. The van der Waals surface area contributed by atoms with Gasteiger partial charge in [-0.25, -0.2) is 15.0 Å². The van der Waals surface area contributed by atoms with Crippen LogP contribution in [-0.2, 0) is 0 Å². The average Bonchev–Trinajstić information content (AvgIpc) is 2.87. The Kier molecular flexibility index (Phi) is 6.94. The summed E-state index contributed by atoms with van der Waals surface area (Å²) in [5, 5.41) is 10.3. The second-order valence-electron chi connectivity index (χ2n) is 7.21. The molecule has 1 aromatic heterocycles. The van der Waals surface area contributed by atoms with Gasteiger partial charge in [0.1, 0.15) is 5.75 Å². The molecule has 34 heavy (non-hydrogen) atoms. The maximum atomic E-state index is 9.65. The number of hydrogen-bond acceptors (Lipinski definition) is 7. The summed E-state index contributed by atoms with van der Waals surface area (Å²) in [6.07, 6.45) is 1.63. The van der Waals surface area contributed by atoms with E-state index in [2.05, 4.69) is 15.0 Å². The molecule has 3 aromatic carbocycles. The van der Waals surface area contributed by atoms with E-state index in [9.17, 15) is 5.11 Å². The van der Waals surface area contributed by atoms with E-state index in [1.807, 2.05) is 18.2 Å². The van der Waals surface area contributed by atoms with Gasteiger partial charge in [0.2, 0.25) is 11.7 Å². The standard InChI is InChI=1S/C26H22ClN3O4/c1-32-23-12-16(13-24(33-2)25(23)34-3)15-28-26-29-21(17-4-8-19(27)9-5-17)14-22(30-26)18-6-10-20(31)11-7-18/h4-15,31H,1-3H3/b28-15+. The molecular weight excluding hydrogens is 454 g/mol. The van der Waals surface area contributed by atoms with E-state index in [4.69, 9.17) is 25.8 Å². The number of rotatable bonds is 7. The molecular formula is C26H22ClN3O4. The maximum Gasteiger partial charge on any atom is 0.250 e. The molecule has 0 atom stereocenters. The van der Waals surface area contributed by atoms with Crippen molar-refractivity contribution in [2.45, 2.75) is 0 Å². The second-order valence-corrected chi connectivity index (χ2v) is 7.65. The lowest BCUT2D eigenvalue weighted by Gasteiger charge is -2.12. The van der Waals surface area contributed by atoms with Crippen molar-refractivity contribution in [2.75, 3.05) is 21.3 Å². The van der Waals surface area contributed by atoms with E-state index >= 15 is 0 Å². The zero-order chi connectivity index (χ0) is 24.1. The minimum absolute atomic E-state index is 0.177. The highest BCUT2D eigenvalue weighted by molar-refractivity contribution is 6.30. The van der Waals surface area contributed by atoms with Gasteiger partial charge >= 0.3 is 0 Å². The summed E-state index contributed by atoms with van der Waals surface area (Å²) in [6, 6.07) is 19.6. The zero-order valence-corrected chi connectivity index (χ0v) is 19.6. The smallest absolute Gasteiger partial charge is 0.250 e. The maximum absolute atomic E-state index is 9.65. The van der Waals surface area contributed by atoms with Crippen molar-refractivity contribution in [1.29, 1.82) is 0 Å². The number of hydrogen-bond donors (Lipinski definition) is 1. The molecule has 0 fully saturated rings. The van der Waals surface area contributed by atoms with Gasteiger partial charge in [-0.3, -0.25) is 0 Å². The normalized spacial score (nSPS) is 10.9. The summed E-state index contributed by atoms with van der Waals surface area (Å²) in [7, 11) is 4.66. The number of ether oxygens (including phenoxy) is 3. The van der Waals surface area contributed by atoms with Crippen LogP contribution >= 0.6 is 11.6 Å². The Labute approximate surface area is 202 Å². The highest BCUT2D eigenvalue weighted by atomic mass is 35.5. The number of nitrogens with zero attached hydrogens (tertiary/aromatic N) is 3. The molecule has 0 bridgehead atoms. The van der Waals surface area contributed by atoms with Crippen molar-refractivity contribution in [3.8, 4) is 45.5 Å². The number of halogens is 1. The van der Waals surface area contributed by atoms with E-state index < -0.39 is 0 Å². The number of phenolic OH excluding ortho intramolecular Hbond substituents is 1. The van der Waals surface area contributed by atoms with Crippen LogP contribution < -0.4 is 14.2 Å². The van der Waals surface area contributed by atoms with Crippen molar-refractivity contribution < 1.29 is 19.3 Å². The van der Waals surface area contributed by atoms with Gasteiger partial charge in [0.15, 0.2) is 11.5 Å². The molecule has 8 heteroatoms. The van der Waals surface area contributed by atoms with Crippen molar-refractivity contribution >= 4 is 23.8 Å². The average molecular weight is 476 g/mol. The van der Waals surface area contributed by atoms with Crippen molar-refractivity contribution in [3.63, 3.8) is 0 Å².